The molecule has 0 bridgehead atoms. The van der Waals surface area contributed by atoms with Crippen molar-refractivity contribution in [2.24, 2.45) is 0 Å². The Morgan fingerprint density at radius 3 is 2.94 bits per heavy atom. The molecule has 4 heteroatoms. The average Bonchev–Trinajstić information content (AvgIpc) is 2.33. The molecule has 0 spiro atoms. The van der Waals surface area contributed by atoms with E-state index < -0.39 is 0 Å². The normalized spacial score (nSPS) is 24.5. The lowest BCUT2D eigenvalue weighted by Gasteiger charge is -2.33. The average molecular weight is 221 g/mol. The van der Waals surface area contributed by atoms with Crippen LogP contribution in [0.15, 0.2) is 24.3 Å². The summed E-state index contributed by atoms with van der Waals surface area (Å²) >= 11 is 0. The Kier molecular flexibility index (Phi) is 2.73. The Hall–Kier alpha value is -1.71. The molecule has 1 aliphatic heterocycles. The van der Waals surface area contributed by atoms with Gasteiger partial charge in [0.1, 0.15) is 12.4 Å². The molecule has 1 amide bonds. The van der Waals surface area contributed by atoms with E-state index in [9.17, 15) is 4.79 Å². The van der Waals surface area contributed by atoms with Crippen LogP contribution in [0.1, 0.15) is 12.5 Å². The molecule has 1 heterocycles. The number of amides is 1. The number of rotatable bonds is 2. The molecule has 4 nitrogen and oxygen atoms in total. The second-order valence-corrected chi connectivity index (χ2v) is 4.22. The molecular weight excluding hydrogens is 206 g/mol. The van der Waals surface area contributed by atoms with Gasteiger partial charge in [0.2, 0.25) is 0 Å². The van der Waals surface area contributed by atoms with E-state index >= 15 is 0 Å². The van der Waals surface area contributed by atoms with Crippen LogP contribution >= 0.6 is 0 Å². The van der Waals surface area contributed by atoms with Gasteiger partial charge in [-0.1, -0.05) is 19.1 Å². The largest absolute Gasteiger partial charge is 0.497 e. The molecule has 1 aromatic carbocycles. The summed E-state index contributed by atoms with van der Waals surface area (Å²) in [6, 6.07) is 7.83. The first-order chi connectivity index (χ1) is 7.64. The number of carbonyl (C=O) groups is 1. The molecular formula is C12H15NO3. The lowest BCUT2D eigenvalue weighted by atomic mass is 9.82. The van der Waals surface area contributed by atoms with Crippen LogP contribution in [-0.4, -0.2) is 26.4 Å². The van der Waals surface area contributed by atoms with Crippen LogP contribution in [0, 0.1) is 0 Å². The Morgan fingerprint density at radius 2 is 2.31 bits per heavy atom. The first-order valence-corrected chi connectivity index (χ1v) is 5.19. The maximum absolute atomic E-state index is 10.9. The predicted molar refractivity (Wildman–Crippen MR) is 59.7 cm³/mol. The van der Waals surface area contributed by atoms with Crippen molar-refractivity contribution in [2.45, 2.75) is 12.3 Å². The van der Waals surface area contributed by atoms with Crippen molar-refractivity contribution < 1.29 is 14.3 Å². The van der Waals surface area contributed by atoms with Gasteiger partial charge in [0, 0.05) is 12.0 Å². The zero-order valence-corrected chi connectivity index (χ0v) is 9.45. The summed E-state index contributed by atoms with van der Waals surface area (Å²) in [4.78, 5) is 10.9. The maximum Gasteiger partial charge on any atom is 0.407 e. The number of hydrogen-bond acceptors (Lipinski definition) is 3. The molecule has 0 saturated carbocycles. The van der Waals surface area contributed by atoms with Gasteiger partial charge in [0.25, 0.3) is 0 Å². The number of hydrogen-bond donors (Lipinski definition) is 1. The van der Waals surface area contributed by atoms with E-state index in [-0.39, 0.29) is 11.5 Å². The van der Waals surface area contributed by atoms with Crippen LogP contribution in [0.3, 0.4) is 0 Å². The van der Waals surface area contributed by atoms with Gasteiger partial charge in [-0.05, 0) is 17.7 Å². The fraction of sp³-hybridized carbons (Fsp3) is 0.417. The molecule has 86 valence electrons. The number of ether oxygens (including phenoxy) is 2. The van der Waals surface area contributed by atoms with E-state index in [1.54, 1.807) is 7.11 Å². The summed E-state index contributed by atoms with van der Waals surface area (Å²) < 4.78 is 10.2. The lowest BCUT2D eigenvalue weighted by Crippen LogP contribution is -2.48. The van der Waals surface area contributed by atoms with Crippen molar-refractivity contribution in [3.63, 3.8) is 0 Å². The minimum absolute atomic E-state index is 0.192. The second kappa shape index (κ2) is 4.04. The highest BCUT2D eigenvalue weighted by Gasteiger charge is 2.33. The van der Waals surface area contributed by atoms with Crippen LogP contribution in [0.5, 0.6) is 5.75 Å². The van der Waals surface area contributed by atoms with Gasteiger partial charge in [-0.15, -0.1) is 0 Å². The topological polar surface area (TPSA) is 47.6 Å². The summed E-state index contributed by atoms with van der Waals surface area (Å²) in [7, 11) is 1.64. The van der Waals surface area contributed by atoms with Gasteiger partial charge in [-0.3, -0.25) is 0 Å². The van der Waals surface area contributed by atoms with Crippen LogP contribution in [0.25, 0.3) is 0 Å². The van der Waals surface area contributed by atoms with E-state index in [0.29, 0.717) is 13.2 Å². The summed E-state index contributed by atoms with van der Waals surface area (Å²) in [6.07, 6.45) is -0.347. The summed E-state index contributed by atoms with van der Waals surface area (Å²) in [5.74, 6) is 0.815. The molecule has 2 rings (SSSR count). The quantitative estimate of drug-likeness (QED) is 0.826. The summed E-state index contributed by atoms with van der Waals surface area (Å²) in [6.45, 7) is 3.03. The van der Waals surface area contributed by atoms with Crippen molar-refractivity contribution in [3.8, 4) is 5.75 Å². The third kappa shape index (κ3) is 1.96. The van der Waals surface area contributed by atoms with Crippen molar-refractivity contribution in [2.75, 3.05) is 20.3 Å². The summed E-state index contributed by atoms with van der Waals surface area (Å²) in [5.41, 5.74) is 0.912. The van der Waals surface area contributed by atoms with E-state index in [4.69, 9.17) is 9.47 Å². The lowest BCUT2D eigenvalue weighted by molar-refractivity contribution is 0.0929. The minimum Gasteiger partial charge on any atom is -0.497 e. The zero-order chi connectivity index (χ0) is 11.6. The zero-order valence-electron chi connectivity index (χ0n) is 9.45. The van der Waals surface area contributed by atoms with Gasteiger partial charge in [-0.25, -0.2) is 4.79 Å². The number of cyclic esters (lactones) is 1. The van der Waals surface area contributed by atoms with Crippen molar-refractivity contribution in [3.05, 3.63) is 29.8 Å². The van der Waals surface area contributed by atoms with Crippen molar-refractivity contribution >= 4 is 6.09 Å². The molecule has 1 saturated heterocycles. The van der Waals surface area contributed by atoms with Crippen LogP contribution < -0.4 is 10.1 Å². The van der Waals surface area contributed by atoms with E-state index in [1.165, 1.54) is 0 Å². The monoisotopic (exact) mass is 221 g/mol. The third-order valence-electron chi connectivity index (χ3n) is 2.91. The number of alkyl carbamates (subject to hydrolysis) is 1. The highest BCUT2D eigenvalue weighted by atomic mass is 16.6. The molecule has 1 fully saturated rings. The molecule has 1 aromatic rings. The van der Waals surface area contributed by atoms with Gasteiger partial charge >= 0.3 is 6.09 Å². The highest BCUT2D eigenvalue weighted by Crippen LogP contribution is 2.28. The smallest absolute Gasteiger partial charge is 0.407 e. The number of nitrogens with one attached hydrogen (secondary N) is 1. The fourth-order valence-corrected chi connectivity index (χ4v) is 1.78. The van der Waals surface area contributed by atoms with E-state index in [1.807, 2.05) is 24.3 Å². The van der Waals surface area contributed by atoms with Crippen LogP contribution in [0.2, 0.25) is 0 Å². The minimum atomic E-state index is -0.347. The molecule has 0 aromatic heterocycles. The standard InChI is InChI=1S/C12H15NO3/c1-12(7-13-11(14)16-8-12)9-4-3-5-10(6-9)15-2/h3-6H,7-8H2,1-2H3,(H,13,14). The Morgan fingerprint density at radius 1 is 1.50 bits per heavy atom. The molecule has 1 aliphatic rings. The highest BCUT2D eigenvalue weighted by molar-refractivity contribution is 5.68. The molecule has 1 N–H and O–H groups in total. The Balaban J connectivity index is 2.25. The van der Waals surface area contributed by atoms with Gasteiger partial charge in [0.15, 0.2) is 0 Å². The molecule has 16 heavy (non-hydrogen) atoms. The SMILES string of the molecule is COc1cccc(C2(C)CNC(=O)OC2)c1. The molecule has 1 atom stereocenters. The molecule has 0 radical (unpaired) electrons. The predicted octanol–water partition coefficient (Wildman–Crippen LogP) is 1.69. The van der Waals surface area contributed by atoms with E-state index in [2.05, 4.69) is 12.2 Å². The first-order valence-electron chi connectivity index (χ1n) is 5.19. The van der Waals surface area contributed by atoms with Gasteiger partial charge < -0.3 is 14.8 Å². The van der Waals surface area contributed by atoms with Gasteiger partial charge in [0.05, 0.1) is 7.11 Å². The first kappa shape index (κ1) is 10.8. The number of methoxy groups -OCH3 is 1. The summed E-state index contributed by atoms with van der Waals surface area (Å²) in [5, 5.41) is 2.71. The fourth-order valence-electron chi connectivity index (χ4n) is 1.78. The molecule has 1 unspecified atom stereocenters. The number of carbonyl (C=O) groups excluding carboxylic acids is 1. The van der Waals surface area contributed by atoms with Gasteiger partial charge in [-0.2, -0.15) is 0 Å². The molecule has 0 aliphatic carbocycles. The second-order valence-electron chi connectivity index (χ2n) is 4.22. The third-order valence-corrected chi connectivity index (χ3v) is 2.91. The van der Waals surface area contributed by atoms with Crippen molar-refractivity contribution in [1.29, 1.82) is 0 Å². The maximum atomic E-state index is 10.9. The van der Waals surface area contributed by atoms with Crippen molar-refractivity contribution in [1.82, 2.24) is 5.32 Å². The van der Waals surface area contributed by atoms with Crippen LogP contribution in [-0.2, 0) is 10.2 Å². The Labute approximate surface area is 94.6 Å². The van der Waals surface area contributed by atoms with E-state index in [0.717, 1.165) is 11.3 Å². The number of benzene rings is 1. The van der Waals surface area contributed by atoms with Crippen LogP contribution in [0.4, 0.5) is 4.79 Å². The Bertz CT molecular complexity index is 393.